The summed E-state index contributed by atoms with van der Waals surface area (Å²) in [4.78, 5) is 27.4. The first-order chi connectivity index (χ1) is 17.2. The van der Waals surface area contributed by atoms with E-state index < -0.39 is 11.9 Å². The minimum absolute atomic E-state index is 0.0633. The van der Waals surface area contributed by atoms with E-state index >= 15 is 0 Å². The van der Waals surface area contributed by atoms with E-state index in [0.29, 0.717) is 44.8 Å². The maximum absolute atomic E-state index is 13.7. The van der Waals surface area contributed by atoms with Crippen LogP contribution in [0.25, 0.3) is 0 Å². The first-order valence-electron chi connectivity index (χ1n) is 13.6. The van der Waals surface area contributed by atoms with Gasteiger partial charge < -0.3 is 14.1 Å². The number of aliphatic hydroxyl groups is 1. The molecule has 0 aromatic heterocycles. The Hall–Kier alpha value is -1.03. The number of carbonyl (C=O) groups is 2. The smallest absolute Gasteiger partial charge is 0.324 e. The molecule has 0 spiro atoms. The van der Waals surface area contributed by atoms with E-state index in [1.54, 1.807) is 0 Å². The van der Waals surface area contributed by atoms with Gasteiger partial charge in [-0.3, -0.25) is 19.4 Å². The van der Waals surface area contributed by atoms with Crippen LogP contribution in [0.2, 0.25) is 0 Å². The van der Waals surface area contributed by atoms with Crippen molar-refractivity contribution < 1.29 is 32.5 Å². The molecule has 0 radical (unpaired) electrons. The molecule has 1 aliphatic rings. The second-order valence-corrected chi connectivity index (χ2v) is 10.5. The van der Waals surface area contributed by atoms with E-state index in [-0.39, 0.29) is 37.9 Å². The first-order valence-corrected chi connectivity index (χ1v) is 13.9. The van der Waals surface area contributed by atoms with Crippen LogP contribution < -0.4 is 0 Å². The average molecular weight is 541 g/mol. The third kappa shape index (κ3) is 15.9. The molecule has 36 heavy (non-hydrogen) atoms. The van der Waals surface area contributed by atoms with Crippen molar-refractivity contribution in [3.8, 4) is 0 Å². The molecule has 1 N–H and O–H groups in total. The minimum atomic E-state index is -2.56. The summed E-state index contributed by atoms with van der Waals surface area (Å²) in [6.45, 7) is 8.21. The third-order valence-corrected chi connectivity index (χ3v) is 6.84. The topological polar surface area (TPSA) is 79.3 Å². The predicted molar refractivity (Wildman–Crippen MR) is 137 cm³/mol. The number of ether oxygens (including phenoxy) is 1. The average Bonchev–Trinajstić information content (AvgIpc) is 2.84. The Morgan fingerprint density at radius 1 is 0.917 bits per heavy atom. The van der Waals surface area contributed by atoms with Gasteiger partial charge in [0.1, 0.15) is 11.9 Å². The Kier molecular flexibility index (Phi) is 17.5. The van der Waals surface area contributed by atoms with Gasteiger partial charge in [-0.15, -0.1) is 0 Å². The van der Waals surface area contributed by atoms with Crippen LogP contribution in [0.4, 0.5) is 8.78 Å². The molecule has 0 aliphatic heterocycles. The first kappa shape index (κ1) is 33.0. The molecule has 0 heterocycles. The number of unbranched alkanes of at least 4 members (excludes halogenated alkanes) is 4. The van der Waals surface area contributed by atoms with Gasteiger partial charge in [-0.25, -0.2) is 8.78 Å². The summed E-state index contributed by atoms with van der Waals surface area (Å²) in [6, 6.07) is 0.130. The molecule has 1 fully saturated rings. The predicted octanol–water partition coefficient (Wildman–Crippen LogP) is 5.18. The van der Waals surface area contributed by atoms with Gasteiger partial charge in [0, 0.05) is 51.4 Å². The normalized spacial score (nSPS) is 16.1. The lowest BCUT2D eigenvalue weighted by molar-refractivity contribution is -0.144. The van der Waals surface area contributed by atoms with Gasteiger partial charge >= 0.3 is 11.9 Å². The molecule has 212 valence electrons. The summed E-state index contributed by atoms with van der Waals surface area (Å²) in [6.07, 6.45) is 6.53. The van der Waals surface area contributed by atoms with Crippen molar-refractivity contribution in [1.29, 1.82) is 0 Å². The molecular formula is C26H47ClF2N2O5. The van der Waals surface area contributed by atoms with E-state index in [2.05, 4.69) is 14.1 Å². The van der Waals surface area contributed by atoms with Crippen molar-refractivity contribution in [3.05, 3.63) is 0 Å². The summed E-state index contributed by atoms with van der Waals surface area (Å²) in [5, 5.41) is 9.51. The summed E-state index contributed by atoms with van der Waals surface area (Å²) in [7, 11) is 0. The van der Waals surface area contributed by atoms with Crippen LogP contribution in [0, 0.1) is 5.92 Å². The number of carbonyl (C=O) groups excluding carboxylic acids is 2. The zero-order valence-electron chi connectivity index (χ0n) is 22.2. The van der Waals surface area contributed by atoms with Crippen LogP contribution in [0.3, 0.4) is 0 Å². The fraction of sp³-hybridized carbons (Fsp3) is 0.923. The van der Waals surface area contributed by atoms with Crippen molar-refractivity contribution in [2.45, 2.75) is 103 Å². The number of rotatable bonds is 20. The Morgan fingerprint density at radius 3 is 2.11 bits per heavy atom. The second-order valence-electron chi connectivity index (χ2n) is 10.3. The molecule has 10 heteroatoms. The maximum atomic E-state index is 13.7. The summed E-state index contributed by atoms with van der Waals surface area (Å²) < 4.78 is 36.8. The van der Waals surface area contributed by atoms with Crippen LogP contribution in [-0.2, 0) is 18.6 Å². The highest BCUT2D eigenvalue weighted by Gasteiger charge is 2.36. The van der Waals surface area contributed by atoms with E-state index in [1.807, 2.05) is 13.8 Å². The monoisotopic (exact) mass is 540 g/mol. The Balaban J connectivity index is 2.45. The van der Waals surface area contributed by atoms with Gasteiger partial charge in [0.05, 0.1) is 13.2 Å². The highest BCUT2D eigenvalue weighted by molar-refractivity contribution is 6.13. The Morgan fingerprint density at radius 2 is 1.53 bits per heavy atom. The van der Waals surface area contributed by atoms with Crippen LogP contribution in [0.1, 0.15) is 90.9 Å². The summed E-state index contributed by atoms with van der Waals surface area (Å²) in [5.74, 6) is -2.81. The van der Waals surface area contributed by atoms with Crippen molar-refractivity contribution in [2.24, 2.45) is 5.92 Å². The molecular weight excluding hydrogens is 494 g/mol. The van der Waals surface area contributed by atoms with Gasteiger partial charge in [-0.05, 0) is 57.5 Å². The summed E-state index contributed by atoms with van der Waals surface area (Å²) in [5.41, 5.74) is 0. The lowest BCUT2D eigenvalue weighted by atomic mass is 9.91. The molecule has 1 saturated carbocycles. The number of esters is 1. The minimum Gasteiger partial charge on any atom is -0.465 e. The number of halogens is 3. The SMILES string of the molecule is CC(C)COC(=O)CCCCCN(CCO)CCN(CCCCCC(=O)OCl)C1CCC(F)(F)CC1. The molecule has 0 unspecified atom stereocenters. The quantitative estimate of drug-likeness (QED) is 0.168. The second kappa shape index (κ2) is 19.1. The van der Waals surface area contributed by atoms with E-state index in [0.717, 1.165) is 58.3 Å². The lowest BCUT2D eigenvalue weighted by Gasteiger charge is -2.38. The van der Waals surface area contributed by atoms with Gasteiger partial charge in [0.15, 0.2) is 0 Å². The fourth-order valence-electron chi connectivity index (χ4n) is 4.53. The molecule has 1 rings (SSSR count). The molecule has 0 atom stereocenters. The van der Waals surface area contributed by atoms with Crippen molar-refractivity contribution in [1.82, 2.24) is 9.80 Å². The molecule has 1 aliphatic carbocycles. The molecule has 7 nitrogen and oxygen atoms in total. The van der Waals surface area contributed by atoms with Crippen molar-refractivity contribution >= 4 is 23.8 Å². The molecule has 0 bridgehead atoms. The van der Waals surface area contributed by atoms with Crippen molar-refractivity contribution in [2.75, 3.05) is 45.9 Å². The number of aliphatic hydroxyl groups excluding tert-OH is 1. The maximum Gasteiger partial charge on any atom is 0.324 e. The van der Waals surface area contributed by atoms with Crippen LogP contribution in [0.15, 0.2) is 0 Å². The van der Waals surface area contributed by atoms with Gasteiger partial charge in [0.2, 0.25) is 5.92 Å². The third-order valence-electron chi connectivity index (χ3n) is 6.67. The fourth-order valence-corrected chi connectivity index (χ4v) is 4.60. The zero-order chi connectivity index (χ0) is 26.8. The van der Waals surface area contributed by atoms with E-state index in [1.165, 1.54) is 0 Å². The Bertz CT molecular complexity index is 603. The molecule has 0 aromatic rings. The van der Waals surface area contributed by atoms with Gasteiger partial charge in [-0.2, -0.15) is 0 Å². The number of hydrogen-bond acceptors (Lipinski definition) is 7. The number of alkyl halides is 2. The van der Waals surface area contributed by atoms with Crippen LogP contribution in [-0.4, -0.2) is 84.7 Å². The van der Waals surface area contributed by atoms with Crippen molar-refractivity contribution in [3.63, 3.8) is 0 Å². The lowest BCUT2D eigenvalue weighted by Crippen LogP contribution is -2.45. The van der Waals surface area contributed by atoms with Crippen LogP contribution >= 0.6 is 11.9 Å². The van der Waals surface area contributed by atoms with E-state index in [9.17, 15) is 23.5 Å². The van der Waals surface area contributed by atoms with Gasteiger partial charge in [-0.1, -0.05) is 26.7 Å². The highest BCUT2D eigenvalue weighted by Crippen LogP contribution is 2.35. The highest BCUT2D eigenvalue weighted by atomic mass is 35.5. The Labute approximate surface area is 221 Å². The molecule has 0 amide bonds. The summed E-state index contributed by atoms with van der Waals surface area (Å²) >= 11 is 5.06. The largest absolute Gasteiger partial charge is 0.465 e. The van der Waals surface area contributed by atoms with Gasteiger partial charge in [0.25, 0.3) is 0 Å². The number of nitrogens with zero attached hydrogens (tertiary/aromatic N) is 2. The molecule has 0 aromatic carbocycles. The number of hydrogen-bond donors (Lipinski definition) is 1. The van der Waals surface area contributed by atoms with Crippen LogP contribution in [0.5, 0.6) is 0 Å². The standard InChI is InChI=1S/C26H47ClF2N2O5/c1-22(2)21-35-24(33)9-5-3-7-15-30(19-20-32)17-18-31(16-8-4-6-10-25(34)36-27)23-11-13-26(28,29)14-12-23/h22-23,32H,3-21H2,1-2H3. The molecule has 0 saturated heterocycles. The zero-order valence-corrected chi connectivity index (χ0v) is 23.0. The van der Waals surface area contributed by atoms with E-state index in [4.69, 9.17) is 16.6 Å².